The lowest BCUT2D eigenvalue weighted by molar-refractivity contribution is -0.116. The number of nitrogens with zero attached hydrogens (tertiary/aromatic N) is 1. The van der Waals surface area contributed by atoms with E-state index in [1.165, 1.54) is 23.0 Å². The van der Waals surface area contributed by atoms with Crippen LogP contribution in [0.25, 0.3) is 0 Å². The Morgan fingerprint density at radius 3 is 2.59 bits per heavy atom. The zero-order valence-corrected chi connectivity index (χ0v) is 13.1. The van der Waals surface area contributed by atoms with Crippen LogP contribution in [0.4, 0.5) is 5.69 Å². The van der Waals surface area contributed by atoms with Gasteiger partial charge in [-0.05, 0) is 43.5 Å². The molecule has 0 spiro atoms. The number of pyridine rings is 1. The number of anilines is 1. The molecular weight excluding hydrogens is 276 g/mol. The largest absolute Gasteiger partial charge is 0.325 e. The molecule has 0 atom stereocenters. The molecule has 0 aliphatic rings. The van der Waals surface area contributed by atoms with Gasteiger partial charge in [0.1, 0.15) is 6.54 Å². The zero-order valence-electron chi connectivity index (χ0n) is 13.1. The van der Waals surface area contributed by atoms with Crippen LogP contribution in [0.1, 0.15) is 30.9 Å². The highest BCUT2D eigenvalue weighted by Crippen LogP contribution is 2.11. The second-order valence-electron chi connectivity index (χ2n) is 5.47. The van der Waals surface area contributed by atoms with Crippen LogP contribution in [-0.2, 0) is 17.8 Å². The van der Waals surface area contributed by atoms with Crippen LogP contribution in [0, 0.1) is 6.92 Å². The summed E-state index contributed by atoms with van der Waals surface area (Å²) in [6.07, 6.45) is 5.03. The van der Waals surface area contributed by atoms with Crippen molar-refractivity contribution in [3.05, 3.63) is 64.1 Å². The van der Waals surface area contributed by atoms with Crippen LogP contribution >= 0.6 is 0 Å². The Labute approximate surface area is 130 Å². The number of benzene rings is 1. The Balaban J connectivity index is 1.97. The summed E-state index contributed by atoms with van der Waals surface area (Å²) in [5.74, 6) is -0.200. The van der Waals surface area contributed by atoms with Gasteiger partial charge in [-0.3, -0.25) is 9.59 Å². The topological polar surface area (TPSA) is 51.1 Å². The maximum Gasteiger partial charge on any atom is 0.253 e. The van der Waals surface area contributed by atoms with E-state index in [9.17, 15) is 9.59 Å². The van der Waals surface area contributed by atoms with Gasteiger partial charge in [0.15, 0.2) is 0 Å². The zero-order chi connectivity index (χ0) is 15.9. The lowest BCUT2D eigenvalue weighted by Gasteiger charge is -2.08. The molecular formula is C18H22N2O2. The van der Waals surface area contributed by atoms with Gasteiger partial charge in [0.05, 0.1) is 0 Å². The van der Waals surface area contributed by atoms with Crippen LogP contribution in [-0.4, -0.2) is 10.5 Å². The fourth-order valence-electron chi connectivity index (χ4n) is 2.27. The van der Waals surface area contributed by atoms with Crippen molar-refractivity contribution in [2.75, 3.05) is 5.32 Å². The fraction of sp³-hybridized carbons (Fsp3) is 0.333. The van der Waals surface area contributed by atoms with Crippen LogP contribution in [0.15, 0.2) is 47.4 Å². The highest BCUT2D eigenvalue weighted by atomic mass is 16.2. The normalized spacial score (nSPS) is 10.5. The minimum atomic E-state index is -0.200. The summed E-state index contributed by atoms with van der Waals surface area (Å²) >= 11 is 0. The SMILES string of the molecule is CCCCc1ccc(NC(=O)Cn2cccc(C)c2=O)cc1. The predicted octanol–water partition coefficient (Wildman–Crippen LogP) is 3.14. The summed E-state index contributed by atoms with van der Waals surface area (Å²) < 4.78 is 1.42. The maximum atomic E-state index is 12.0. The van der Waals surface area contributed by atoms with Gasteiger partial charge in [-0.1, -0.05) is 31.5 Å². The molecule has 0 bridgehead atoms. The van der Waals surface area contributed by atoms with Gasteiger partial charge in [-0.15, -0.1) is 0 Å². The third-order valence-electron chi connectivity index (χ3n) is 3.58. The van der Waals surface area contributed by atoms with Crippen molar-refractivity contribution in [3.8, 4) is 0 Å². The van der Waals surface area contributed by atoms with Gasteiger partial charge in [0.2, 0.25) is 5.91 Å². The van der Waals surface area contributed by atoms with Crippen LogP contribution in [0.3, 0.4) is 0 Å². The van der Waals surface area contributed by atoms with E-state index in [2.05, 4.69) is 12.2 Å². The van der Waals surface area contributed by atoms with Crippen molar-refractivity contribution < 1.29 is 4.79 Å². The molecule has 0 unspecified atom stereocenters. The molecule has 1 heterocycles. The molecule has 1 aromatic heterocycles. The molecule has 0 fully saturated rings. The van der Waals surface area contributed by atoms with E-state index in [0.717, 1.165) is 12.1 Å². The number of hydrogen-bond acceptors (Lipinski definition) is 2. The highest BCUT2D eigenvalue weighted by Gasteiger charge is 2.06. The van der Waals surface area contributed by atoms with Gasteiger partial charge in [-0.2, -0.15) is 0 Å². The fourth-order valence-corrected chi connectivity index (χ4v) is 2.27. The Hall–Kier alpha value is -2.36. The van der Waals surface area contributed by atoms with Crippen molar-refractivity contribution in [1.82, 2.24) is 4.57 Å². The third-order valence-corrected chi connectivity index (χ3v) is 3.58. The Morgan fingerprint density at radius 1 is 1.18 bits per heavy atom. The second kappa shape index (κ2) is 7.59. The molecule has 0 saturated heterocycles. The highest BCUT2D eigenvalue weighted by molar-refractivity contribution is 5.90. The molecule has 4 nitrogen and oxygen atoms in total. The van der Waals surface area contributed by atoms with Crippen LogP contribution < -0.4 is 10.9 Å². The van der Waals surface area contributed by atoms with E-state index >= 15 is 0 Å². The summed E-state index contributed by atoms with van der Waals surface area (Å²) in [7, 11) is 0. The van der Waals surface area contributed by atoms with E-state index < -0.39 is 0 Å². The van der Waals surface area contributed by atoms with Gasteiger partial charge < -0.3 is 9.88 Å². The minimum Gasteiger partial charge on any atom is -0.325 e. The van der Waals surface area contributed by atoms with Crippen molar-refractivity contribution in [2.24, 2.45) is 0 Å². The second-order valence-corrected chi connectivity index (χ2v) is 5.47. The Kier molecular flexibility index (Phi) is 5.53. The lowest BCUT2D eigenvalue weighted by Crippen LogP contribution is -2.28. The summed E-state index contributed by atoms with van der Waals surface area (Å²) in [6, 6.07) is 11.4. The first kappa shape index (κ1) is 16.0. The van der Waals surface area contributed by atoms with Crippen molar-refractivity contribution in [1.29, 1.82) is 0 Å². The molecule has 116 valence electrons. The molecule has 0 radical (unpaired) electrons. The average Bonchev–Trinajstić information content (AvgIpc) is 2.51. The molecule has 2 rings (SSSR count). The molecule has 1 aromatic carbocycles. The first-order valence-corrected chi connectivity index (χ1v) is 7.65. The number of rotatable bonds is 6. The van der Waals surface area contributed by atoms with Crippen molar-refractivity contribution in [3.63, 3.8) is 0 Å². The standard InChI is InChI=1S/C18H22N2O2/c1-3-4-7-15-8-10-16(11-9-15)19-17(21)13-20-12-5-6-14(2)18(20)22/h5-6,8-12H,3-4,7,13H2,1-2H3,(H,19,21). The molecule has 0 aliphatic heterocycles. The summed E-state index contributed by atoms with van der Waals surface area (Å²) in [4.78, 5) is 23.9. The number of aryl methyl sites for hydroxylation is 2. The van der Waals surface area contributed by atoms with Gasteiger partial charge >= 0.3 is 0 Å². The predicted molar refractivity (Wildman–Crippen MR) is 89.1 cm³/mol. The summed E-state index contributed by atoms with van der Waals surface area (Å²) in [5.41, 5.74) is 2.53. The van der Waals surface area contributed by atoms with Gasteiger partial charge in [-0.25, -0.2) is 0 Å². The van der Waals surface area contributed by atoms with Crippen LogP contribution in [0.5, 0.6) is 0 Å². The molecule has 2 aromatic rings. The molecule has 1 N–H and O–H groups in total. The third kappa shape index (κ3) is 4.32. The van der Waals surface area contributed by atoms with Gasteiger partial charge in [0, 0.05) is 17.4 Å². The van der Waals surface area contributed by atoms with Crippen molar-refractivity contribution in [2.45, 2.75) is 39.7 Å². The molecule has 1 amide bonds. The Morgan fingerprint density at radius 2 is 1.91 bits per heavy atom. The van der Waals surface area contributed by atoms with E-state index in [1.54, 1.807) is 25.3 Å². The number of amides is 1. The molecule has 22 heavy (non-hydrogen) atoms. The molecule has 4 heteroatoms. The number of carbonyl (C=O) groups excluding carboxylic acids is 1. The van der Waals surface area contributed by atoms with Crippen LogP contribution in [0.2, 0.25) is 0 Å². The molecule has 0 aliphatic carbocycles. The lowest BCUT2D eigenvalue weighted by atomic mass is 10.1. The number of aromatic nitrogens is 1. The molecule has 0 saturated carbocycles. The van der Waals surface area contributed by atoms with E-state index in [0.29, 0.717) is 5.56 Å². The smallest absolute Gasteiger partial charge is 0.253 e. The first-order chi connectivity index (χ1) is 10.6. The maximum absolute atomic E-state index is 12.0. The summed E-state index contributed by atoms with van der Waals surface area (Å²) in [6.45, 7) is 3.94. The van der Waals surface area contributed by atoms with E-state index in [4.69, 9.17) is 0 Å². The number of carbonyl (C=O) groups is 1. The number of nitrogens with one attached hydrogen (secondary N) is 1. The van der Waals surface area contributed by atoms with E-state index in [1.807, 2.05) is 24.3 Å². The first-order valence-electron chi connectivity index (χ1n) is 7.65. The minimum absolute atomic E-state index is 0.0259. The van der Waals surface area contributed by atoms with E-state index in [-0.39, 0.29) is 18.0 Å². The average molecular weight is 298 g/mol. The monoisotopic (exact) mass is 298 g/mol. The number of hydrogen-bond donors (Lipinski definition) is 1. The summed E-state index contributed by atoms with van der Waals surface area (Å²) in [5, 5.41) is 2.82. The quantitative estimate of drug-likeness (QED) is 0.890. The number of unbranched alkanes of at least 4 members (excludes halogenated alkanes) is 1. The van der Waals surface area contributed by atoms with Crippen molar-refractivity contribution >= 4 is 11.6 Å². The van der Waals surface area contributed by atoms with Gasteiger partial charge in [0.25, 0.3) is 5.56 Å². The Bertz CT molecular complexity index is 687.